The van der Waals surface area contributed by atoms with Gasteiger partial charge in [-0.15, -0.1) is 10.2 Å². The summed E-state index contributed by atoms with van der Waals surface area (Å²) in [5, 5.41) is 39.8. The number of non-ortho nitro benzene ring substituents is 1. The van der Waals surface area contributed by atoms with Crippen LogP contribution in [0, 0.1) is 21.4 Å². The largest absolute Gasteiger partial charge is 0.478 e. The molecule has 2 aromatic carbocycles. The van der Waals surface area contributed by atoms with Gasteiger partial charge in [-0.3, -0.25) is 14.9 Å². The van der Waals surface area contributed by atoms with E-state index in [2.05, 4.69) is 21.6 Å². The number of ether oxygens (including phenoxy) is 1. The van der Waals surface area contributed by atoms with Gasteiger partial charge in [0.2, 0.25) is 5.91 Å². The van der Waals surface area contributed by atoms with Gasteiger partial charge in [0.25, 0.3) is 5.69 Å². The highest BCUT2D eigenvalue weighted by molar-refractivity contribution is 5.94. The number of nitrogens with zero attached hydrogens (tertiary/aromatic N) is 5. The molecule has 2 N–H and O–H groups in total. The van der Waals surface area contributed by atoms with Crippen LogP contribution in [0.5, 0.6) is 0 Å². The first-order valence-electron chi connectivity index (χ1n) is 9.72. The van der Waals surface area contributed by atoms with Crippen LogP contribution >= 0.6 is 0 Å². The number of azo groups is 1. The van der Waals surface area contributed by atoms with Crippen molar-refractivity contribution >= 4 is 40.3 Å². The predicted molar refractivity (Wildman–Crippen MR) is 119 cm³/mol. The lowest BCUT2D eigenvalue weighted by atomic mass is 10.1. The molecule has 0 spiro atoms. The predicted octanol–water partition coefficient (Wildman–Crippen LogP) is 4.03. The number of rotatable bonds is 11. The second-order valence-electron chi connectivity index (χ2n) is 6.73. The van der Waals surface area contributed by atoms with E-state index >= 15 is 0 Å². The summed E-state index contributed by atoms with van der Waals surface area (Å²) in [6, 6.07) is 10.3. The van der Waals surface area contributed by atoms with Crippen LogP contribution in [-0.4, -0.2) is 48.7 Å². The first-order valence-corrected chi connectivity index (χ1v) is 9.72. The third-order valence-electron chi connectivity index (χ3n) is 4.40. The van der Waals surface area contributed by atoms with Gasteiger partial charge in [0, 0.05) is 44.9 Å². The average Bonchev–Trinajstić information content (AvgIpc) is 2.77. The van der Waals surface area contributed by atoms with E-state index < -0.39 is 10.9 Å². The Kier molecular flexibility index (Phi) is 8.95. The summed E-state index contributed by atoms with van der Waals surface area (Å²) in [5.74, 6) is -1.75. The zero-order valence-corrected chi connectivity index (χ0v) is 18.0. The van der Waals surface area contributed by atoms with Crippen LogP contribution in [0.4, 0.5) is 28.4 Å². The summed E-state index contributed by atoms with van der Waals surface area (Å²) in [7, 11) is 1.57. The number of nitriles is 1. The van der Waals surface area contributed by atoms with Crippen molar-refractivity contribution < 1.29 is 24.4 Å². The summed E-state index contributed by atoms with van der Waals surface area (Å²) in [6.45, 7) is 2.72. The lowest BCUT2D eigenvalue weighted by molar-refractivity contribution is -0.384. The maximum atomic E-state index is 11.7. The van der Waals surface area contributed by atoms with Gasteiger partial charge in [0.05, 0.1) is 35.3 Å². The van der Waals surface area contributed by atoms with Gasteiger partial charge in [0.1, 0.15) is 11.4 Å². The Bertz CT molecular complexity index is 1110. The molecule has 0 aromatic heterocycles. The highest BCUT2D eigenvalue weighted by atomic mass is 16.6. The number of carbonyl (C=O) groups is 2. The van der Waals surface area contributed by atoms with E-state index in [1.54, 1.807) is 25.3 Å². The van der Waals surface area contributed by atoms with Crippen LogP contribution < -0.4 is 10.2 Å². The molecule has 0 bridgehead atoms. The minimum absolute atomic E-state index is 0.0818. The Hall–Kier alpha value is -4.37. The molecule has 12 heteroatoms. The van der Waals surface area contributed by atoms with E-state index in [9.17, 15) is 24.8 Å². The van der Waals surface area contributed by atoms with Crippen LogP contribution in [0.2, 0.25) is 0 Å². The Balaban J connectivity index is 2.44. The molecule has 0 saturated carbocycles. The number of amides is 1. The third kappa shape index (κ3) is 7.08. The minimum atomic E-state index is -1.39. The smallest absolute Gasteiger partial charge is 0.338 e. The number of hydrogen-bond donors (Lipinski definition) is 2. The van der Waals surface area contributed by atoms with Gasteiger partial charge in [-0.25, -0.2) is 4.79 Å². The standard InChI is InChI=1S/C21H22N6O6/c1-14(28)23-20-13-15(26(9-3-8-22)10-11-33-2)4-7-19(20)25-24-18-6-5-16(27(31)32)12-17(18)21(29)30/h4-7,12-13H,3,9-11H2,1-2H3,(H,23,28)(H,29,30)/b25-24+. The SMILES string of the molecule is COCCN(CCC#N)c1ccc(/N=N/c2ccc([N+](=O)[O-])cc2C(=O)O)c(NC(C)=O)c1. The van der Waals surface area contributed by atoms with Crippen LogP contribution in [0.3, 0.4) is 0 Å². The molecule has 2 aromatic rings. The van der Waals surface area contributed by atoms with E-state index in [0.717, 1.165) is 12.1 Å². The maximum Gasteiger partial charge on any atom is 0.338 e. The average molecular weight is 454 g/mol. The molecule has 1 amide bonds. The summed E-state index contributed by atoms with van der Waals surface area (Å²) >= 11 is 0. The van der Waals surface area contributed by atoms with E-state index in [4.69, 9.17) is 10.00 Å². The molecule has 0 heterocycles. The number of methoxy groups -OCH3 is 1. The Morgan fingerprint density at radius 2 is 1.91 bits per heavy atom. The van der Waals surface area contributed by atoms with Gasteiger partial charge in [-0.1, -0.05) is 0 Å². The number of carboxylic acid groups (broad SMARTS) is 1. The summed E-state index contributed by atoms with van der Waals surface area (Å²) in [4.78, 5) is 35.3. The highest BCUT2D eigenvalue weighted by Gasteiger charge is 2.16. The maximum absolute atomic E-state index is 11.7. The summed E-state index contributed by atoms with van der Waals surface area (Å²) in [6.07, 6.45) is 0.290. The van der Waals surface area contributed by atoms with Crippen molar-refractivity contribution in [2.24, 2.45) is 10.2 Å². The van der Waals surface area contributed by atoms with Gasteiger partial charge in [-0.2, -0.15) is 5.26 Å². The number of carboxylic acids is 1. The fourth-order valence-electron chi connectivity index (χ4n) is 2.86. The molecule has 2 rings (SSSR count). The first-order chi connectivity index (χ1) is 15.8. The quantitative estimate of drug-likeness (QED) is 0.291. The summed E-state index contributed by atoms with van der Waals surface area (Å²) in [5.41, 5.74) is 0.432. The molecule has 172 valence electrons. The second-order valence-corrected chi connectivity index (χ2v) is 6.73. The van der Waals surface area contributed by atoms with Gasteiger partial charge in [0.15, 0.2) is 0 Å². The molecule has 0 aliphatic rings. The number of nitrogens with one attached hydrogen (secondary N) is 1. The topological polar surface area (TPSA) is 171 Å². The molecule has 0 unspecified atom stereocenters. The van der Waals surface area contributed by atoms with Crippen molar-refractivity contribution in [3.8, 4) is 6.07 Å². The van der Waals surface area contributed by atoms with Crippen molar-refractivity contribution in [3.63, 3.8) is 0 Å². The molecule has 33 heavy (non-hydrogen) atoms. The van der Waals surface area contributed by atoms with E-state index in [0.29, 0.717) is 37.5 Å². The zero-order valence-electron chi connectivity index (χ0n) is 18.0. The number of anilines is 2. The lowest BCUT2D eigenvalue weighted by Gasteiger charge is -2.24. The molecule has 0 atom stereocenters. The zero-order chi connectivity index (χ0) is 24.4. The summed E-state index contributed by atoms with van der Waals surface area (Å²) < 4.78 is 5.12. The molecule has 12 nitrogen and oxygen atoms in total. The van der Waals surface area contributed by atoms with Crippen LogP contribution in [0.25, 0.3) is 0 Å². The molecular formula is C21H22N6O6. The molecule has 0 aliphatic carbocycles. The Morgan fingerprint density at radius 1 is 1.21 bits per heavy atom. The fourth-order valence-corrected chi connectivity index (χ4v) is 2.86. The van der Waals surface area contributed by atoms with Crippen LogP contribution in [-0.2, 0) is 9.53 Å². The van der Waals surface area contributed by atoms with Crippen molar-refractivity contribution in [2.45, 2.75) is 13.3 Å². The Labute approximate surface area is 189 Å². The fraction of sp³-hybridized carbons (Fsp3) is 0.286. The number of benzene rings is 2. The van der Waals surface area contributed by atoms with E-state index in [1.807, 2.05) is 4.90 Å². The van der Waals surface area contributed by atoms with Crippen LogP contribution in [0.1, 0.15) is 23.7 Å². The lowest BCUT2D eigenvalue weighted by Crippen LogP contribution is -2.28. The van der Waals surface area contributed by atoms with Gasteiger partial charge < -0.3 is 20.1 Å². The normalized spacial score (nSPS) is 10.6. The van der Waals surface area contributed by atoms with Crippen LogP contribution in [0.15, 0.2) is 46.6 Å². The minimum Gasteiger partial charge on any atom is -0.478 e. The number of nitro benzene ring substituents is 1. The highest BCUT2D eigenvalue weighted by Crippen LogP contribution is 2.33. The van der Waals surface area contributed by atoms with Gasteiger partial charge in [-0.05, 0) is 24.3 Å². The molecule has 0 saturated heterocycles. The van der Waals surface area contributed by atoms with Gasteiger partial charge >= 0.3 is 5.97 Å². The molecule has 0 aliphatic heterocycles. The molecule has 0 radical (unpaired) electrons. The van der Waals surface area contributed by atoms with Crippen molar-refractivity contribution in [1.82, 2.24) is 0 Å². The molecule has 0 fully saturated rings. The van der Waals surface area contributed by atoms with Crippen molar-refractivity contribution in [2.75, 3.05) is 37.0 Å². The van der Waals surface area contributed by atoms with E-state index in [1.165, 1.54) is 13.0 Å². The Morgan fingerprint density at radius 3 is 2.52 bits per heavy atom. The first kappa shape index (κ1) is 24.9. The van der Waals surface area contributed by atoms with Crippen molar-refractivity contribution in [3.05, 3.63) is 52.1 Å². The van der Waals surface area contributed by atoms with Crippen molar-refractivity contribution in [1.29, 1.82) is 5.26 Å². The molecular weight excluding hydrogens is 432 g/mol. The number of carbonyl (C=O) groups excluding carboxylic acids is 1. The van der Waals surface area contributed by atoms with E-state index in [-0.39, 0.29) is 28.5 Å². The number of nitro groups is 1. The monoisotopic (exact) mass is 454 g/mol. The second kappa shape index (κ2) is 11.9. The number of hydrogen-bond acceptors (Lipinski definition) is 9. The number of aromatic carboxylic acids is 1. The third-order valence-corrected chi connectivity index (χ3v) is 4.40.